The van der Waals surface area contributed by atoms with Gasteiger partial charge < -0.3 is 19.7 Å². The first-order chi connectivity index (χ1) is 13.3. The average Bonchev–Trinajstić information content (AvgIpc) is 3.11. The van der Waals surface area contributed by atoms with E-state index in [9.17, 15) is 15.2 Å². The van der Waals surface area contributed by atoms with Gasteiger partial charge in [-0.3, -0.25) is 10.1 Å². The smallest absolute Gasteiger partial charge is 0.269 e. The van der Waals surface area contributed by atoms with Crippen molar-refractivity contribution in [2.45, 2.75) is 39.8 Å². The Morgan fingerprint density at radius 2 is 1.89 bits per heavy atom. The maximum absolute atomic E-state index is 10.8. The SMILES string of the molecule is CC(C)COCC(O)CNC(c1nc(-c2ccc([N+](=O)[O-])cc2)no1)C(C)C. The molecule has 2 atom stereocenters. The lowest BCUT2D eigenvalue weighted by atomic mass is 10.0. The van der Waals surface area contributed by atoms with Gasteiger partial charge in [-0.25, -0.2) is 0 Å². The molecule has 28 heavy (non-hydrogen) atoms. The van der Waals surface area contributed by atoms with Gasteiger partial charge in [-0.1, -0.05) is 32.9 Å². The molecule has 2 rings (SSSR count). The molecular weight excluding hydrogens is 364 g/mol. The molecule has 0 bridgehead atoms. The number of nitrogens with one attached hydrogen (secondary N) is 1. The van der Waals surface area contributed by atoms with E-state index in [-0.39, 0.29) is 24.3 Å². The molecule has 2 N–H and O–H groups in total. The van der Waals surface area contributed by atoms with E-state index >= 15 is 0 Å². The van der Waals surface area contributed by atoms with E-state index in [1.165, 1.54) is 12.1 Å². The molecule has 0 aliphatic carbocycles. The lowest BCUT2D eigenvalue weighted by molar-refractivity contribution is -0.384. The van der Waals surface area contributed by atoms with E-state index in [0.29, 0.717) is 36.3 Å². The molecule has 154 valence electrons. The van der Waals surface area contributed by atoms with E-state index in [0.717, 1.165) is 0 Å². The number of nitro groups is 1. The Morgan fingerprint density at radius 3 is 2.46 bits per heavy atom. The molecule has 2 aromatic rings. The Balaban J connectivity index is 1.99. The highest BCUT2D eigenvalue weighted by molar-refractivity contribution is 5.56. The third-order valence-electron chi connectivity index (χ3n) is 4.05. The number of aliphatic hydroxyl groups excluding tert-OH is 1. The lowest BCUT2D eigenvalue weighted by Gasteiger charge is -2.21. The van der Waals surface area contributed by atoms with Crippen LogP contribution in [0.4, 0.5) is 5.69 Å². The van der Waals surface area contributed by atoms with Crippen LogP contribution in [0.5, 0.6) is 0 Å². The van der Waals surface area contributed by atoms with Crippen molar-refractivity contribution in [2.75, 3.05) is 19.8 Å². The fourth-order valence-corrected chi connectivity index (χ4v) is 2.58. The molecular formula is C19H28N4O5. The second-order valence-corrected chi connectivity index (χ2v) is 7.48. The van der Waals surface area contributed by atoms with Gasteiger partial charge >= 0.3 is 0 Å². The van der Waals surface area contributed by atoms with Gasteiger partial charge in [-0.2, -0.15) is 4.98 Å². The molecule has 0 amide bonds. The molecule has 0 spiro atoms. The van der Waals surface area contributed by atoms with Crippen molar-refractivity contribution in [1.82, 2.24) is 15.5 Å². The highest BCUT2D eigenvalue weighted by Gasteiger charge is 2.23. The lowest BCUT2D eigenvalue weighted by Crippen LogP contribution is -2.35. The maximum atomic E-state index is 10.8. The fourth-order valence-electron chi connectivity index (χ4n) is 2.58. The average molecular weight is 392 g/mol. The number of hydrogen-bond acceptors (Lipinski definition) is 8. The van der Waals surface area contributed by atoms with Crippen molar-refractivity contribution in [3.05, 3.63) is 40.3 Å². The van der Waals surface area contributed by atoms with Crippen molar-refractivity contribution >= 4 is 5.69 Å². The molecule has 0 saturated heterocycles. The molecule has 1 aromatic heterocycles. The number of aliphatic hydroxyl groups is 1. The van der Waals surface area contributed by atoms with Crippen LogP contribution in [0, 0.1) is 22.0 Å². The molecule has 0 aliphatic heterocycles. The summed E-state index contributed by atoms with van der Waals surface area (Å²) in [6.45, 7) is 9.32. The molecule has 0 radical (unpaired) electrons. The van der Waals surface area contributed by atoms with Crippen LogP contribution < -0.4 is 5.32 Å². The number of ether oxygens (including phenoxy) is 1. The van der Waals surface area contributed by atoms with Gasteiger partial charge in [0.2, 0.25) is 11.7 Å². The van der Waals surface area contributed by atoms with Crippen molar-refractivity contribution in [1.29, 1.82) is 0 Å². The van der Waals surface area contributed by atoms with Crippen LogP contribution in [-0.2, 0) is 4.74 Å². The Kier molecular flexibility index (Phi) is 8.04. The summed E-state index contributed by atoms with van der Waals surface area (Å²) in [5.41, 5.74) is 0.632. The van der Waals surface area contributed by atoms with Crippen molar-refractivity contribution < 1.29 is 19.3 Å². The van der Waals surface area contributed by atoms with Crippen LogP contribution in [0.25, 0.3) is 11.4 Å². The maximum Gasteiger partial charge on any atom is 0.269 e. The Hall–Kier alpha value is -2.36. The van der Waals surface area contributed by atoms with Gasteiger partial charge in [0.15, 0.2) is 0 Å². The number of rotatable bonds is 11. The quantitative estimate of drug-likeness (QED) is 0.442. The predicted molar refractivity (Wildman–Crippen MR) is 104 cm³/mol. The molecule has 0 aliphatic rings. The van der Waals surface area contributed by atoms with Crippen LogP contribution in [0.3, 0.4) is 0 Å². The number of aromatic nitrogens is 2. The summed E-state index contributed by atoms with van der Waals surface area (Å²) >= 11 is 0. The first kappa shape index (κ1) is 21.9. The second-order valence-electron chi connectivity index (χ2n) is 7.48. The van der Waals surface area contributed by atoms with E-state index in [2.05, 4.69) is 29.3 Å². The molecule has 2 unspecified atom stereocenters. The van der Waals surface area contributed by atoms with E-state index in [1.54, 1.807) is 12.1 Å². The zero-order valence-corrected chi connectivity index (χ0v) is 16.7. The van der Waals surface area contributed by atoms with Crippen LogP contribution in [-0.4, -0.2) is 46.0 Å². The van der Waals surface area contributed by atoms with Crippen molar-refractivity contribution in [3.8, 4) is 11.4 Å². The van der Waals surface area contributed by atoms with Gasteiger partial charge in [0.25, 0.3) is 5.69 Å². The summed E-state index contributed by atoms with van der Waals surface area (Å²) in [6.07, 6.45) is -0.642. The Morgan fingerprint density at radius 1 is 1.21 bits per heavy atom. The van der Waals surface area contributed by atoms with E-state index in [4.69, 9.17) is 9.26 Å². The summed E-state index contributed by atoms with van der Waals surface area (Å²) in [6, 6.07) is 5.73. The first-order valence-electron chi connectivity index (χ1n) is 9.35. The highest BCUT2D eigenvalue weighted by atomic mass is 16.6. The van der Waals surface area contributed by atoms with Gasteiger partial charge in [0.1, 0.15) is 0 Å². The van der Waals surface area contributed by atoms with Crippen molar-refractivity contribution in [3.63, 3.8) is 0 Å². The third kappa shape index (κ3) is 6.36. The largest absolute Gasteiger partial charge is 0.389 e. The topological polar surface area (TPSA) is 124 Å². The van der Waals surface area contributed by atoms with Crippen molar-refractivity contribution in [2.24, 2.45) is 11.8 Å². The van der Waals surface area contributed by atoms with Gasteiger partial charge in [0, 0.05) is 30.8 Å². The fraction of sp³-hybridized carbons (Fsp3) is 0.579. The molecule has 0 saturated carbocycles. The summed E-state index contributed by atoms with van der Waals surface area (Å²) < 4.78 is 10.8. The van der Waals surface area contributed by atoms with Crippen LogP contribution >= 0.6 is 0 Å². The van der Waals surface area contributed by atoms with Crippen LogP contribution in [0.1, 0.15) is 39.6 Å². The van der Waals surface area contributed by atoms with Gasteiger partial charge in [0.05, 0.1) is 23.7 Å². The minimum Gasteiger partial charge on any atom is -0.389 e. The molecule has 1 heterocycles. The monoisotopic (exact) mass is 392 g/mol. The Labute approximate surface area is 164 Å². The molecule has 1 aromatic carbocycles. The van der Waals surface area contributed by atoms with Crippen LogP contribution in [0.2, 0.25) is 0 Å². The zero-order chi connectivity index (χ0) is 20.7. The number of nitrogens with zero attached hydrogens (tertiary/aromatic N) is 3. The van der Waals surface area contributed by atoms with Crippen LogP contribution in [0.15, 0.2) is 28.8 Å². The standard InChI is InChI=1S/C19H28N4O5/c1-12(2)10-27-11-16(24)9-20-17(13(3)4)19-21-18(22-28-19)14-5-7-15(8-6-14)23(25)26/h5-8,12-13,16-17,20,24H,9-11H2,1-4H3. The minimum absolute atomic E-state index is 0.00265. The van der Waals surface area contributed by atoms with E-state index in [1.807, 2.05) is 13.8 Å². The predicted octanol–water partition coefficient (Wildman–Crippen LogP) is 2.97. The number of benzene rings is 1. The Bertz CT molecular complexity index is 745. The second kappa shape index (κ2) is 10.3. The molecule has 9 heteroatoms. The summed E-state index contributed by atoms with van der Waals surface area (Å²) in [7, 11) is 0. The number of hydrogen-bond donors (Lipinski definition) is 2. The third-order valence-corrected chi connectivity index (χ3v) is 4.05. The van der Waals surface area contributed by atoms with E-state index < -0.39 is 11.0 Å². The molecule has 9 nitrogen and oxygen atoms in total. The first-order valence-corrected chi connectivity index (χ1v) is 9.35. The zero-order valence-electron chi connectivity index (χ0n) is 16.7. The number of non-ortho nitro benzene ring substituents is 1. The van der Waals surface area contributed by atoms with Gasteiger partial charge in [-0.15, -0.1) is 0 Å². The normalized spacial score (nSPS) is 13.8. The summed E-state index contributed by atoms with van der Waals surface area (Å²) in [4.78, 5) is 14.7. The molecule has 0 fully saturated rings. The van der Waals surface area contributed by atoms with Gasteiger partial charge in [-0.05, 0) is 24.0 Å². The number of nitro benzene ring substituents is 1. The summed E-state index contributed by atoms with van der Waals surface area (Å²) in [5.74, 6) is 1.32. The summed E-state index contributed by atoms with van der Waals surface area (Å²) in [5, 5.41) is 28.1. The highest BCUT2D eigenvalue weighted by Crippen LogP contribution is 2.24. The minimum atomic E-state index is -0.642.